The molecule has 0 aromatic heterocycles. The zero-order valence-electron chi connectivity index (χ0n) is 36.5. The lowest BCUT2D eigenvalue weighted by molar-refractivity contribution is -0.384. The van der Waals surface area contributed by atoms with Crippen LogP contribution in [0.2, 0.25) is 0 Å². The summed E-state index contributed by atoms with van der Waals surface area (Å²) in [6.07, 6.45) is 7.55. The van der Waals surface area contributed by atoms with Crippen LogP contribution in [-0.4, -0.2) is 102 Å². The summed E-state index contributed by atoms with van der Waals surface area (Å²) >= 11 is 0. The van der Waals surface area contributed by atoms with Gasteiger partial charge in [-0.1, -0.05) is 36.2 Å². The minimum atomic E-state index is -1.57. The maximum absolute atomic E-state index is 14.7. The van der Waals surface area contributed by atoms with E-state index < -0.39 is 28.8 Å². The van der Waals surface area contributed by atoms with Gasteiger partial charge in [0.2, 0.25) is 5.79 Å². The van der Waals surface area contributed by atoms with Crippen LogP contribution >= 0.6 is 0 Å². The minimum absolute atomic E-state index is 0.0172. The molecular weight excluding hydrogens is 811 g/mol. The third-order valence-electron chi connectivity index (χ3n) is 12.2. The molecule has 3 aromatic carbocycles. The molecule has 1 heterocycles. The topological polar surface area (TPSA) is 192 Å². The SMILES string of the molecule is C=CCOC12Oc3ccc(Oc4ccc(C)c(C)c4)cc3C3C(CCCCO)C(CCCCO)C=C(C(=NOCC)CC1N(CCOCCO)C(=O)Oc1ccc([N+](=O)[O-])cc1)C32. The van der Waals surface area contributed by atoms with Gasteiger partial charge in [0.25, 0.3) is 5.69 Å². The molecule has 6 rings (SSSR count). The van der Waals surface area contributed by atoms with Gasteiger partial charge in [-0.3, -0.25) is 15.0 Å². The van der Waals surface area contributed by atoms with Gasteiger partial charge in [0, 0.05) is 49.8 Å². The molecule has 3 N–H and O–H groups in total. The number of unbranched alkanes of at least 4 members (excludes halogenated alkanes) is 2. The fourth-order valence-corrected chi connectivity index (χ4v) is 9.27. The van der Waals surface area contributed by atoms with E-state index in [-0.39, 0.29) is 88.4 Å². The number of oxime groups is 1. The Morgan fingerprint density at radius 2 is 1.67 bits per heavy atom. The van der Waals surface area contributed by atoms with Crippen LogP contribution in [0.3, 0.4) is 0 Å². The van der Waals surface area contributed by atoms with Crippen LogP contribution in [0, 0.1) is 41.7 Å². The van der Waals surface area contributed by atoms with Gasteiger partial charge >= 0.3 is 6.09 Å². The molecule has 6 unspecified atom stereocenters. The van der Waals surface area contributed by atoms with Crippen molar-refractivity contribution in [2.24, 2.45) is 22.9 Å². The Hall–Kier alpha value is -5.32. The number of aliphatic hydroxyl groups excluding tert-OH is 3. The molecule has 0 radical (unpaired) electrons. The van der Waals surface area contributed by atoms with E-state index in [1.165, 1.54) is 29.2 Å². The van der Waals surface area contributed by atoms with Gasteiger partial charge in [0.15, 0.2) is 0 Å². The average molecular weight is 872 g/mol. The summed E-state index contributed by atoms with van der Waals surface area (Å²) in [4.78, 5) is 32.9. The summed E-state index contributed by atoms with van der Waals surface area (Å²) in [5.41, 5.74) is 4.46. The molecule has 340 valence electrons. The number of aryl methyl sites for hydroxylation is 2. The highest BCUT2D eigenvalue weighted by molar-refractivity contribution is 6.03. The van der Waals surface area contributed by atoms with E-state index in [4.69, 9.17) is 33.7 Å². The molecule has 2 aliphatic carbocycles. The van der Waals surface area contributed by atoms with Crippen molar-refractivity contribution in [3.63, 3.8) is 0 Å². The van der Waals surface area contributed by atoms with Gasteiger partial charge in [0.1, 0.15) is 35.6 Å². The first-order chi connectivity index (χ1) is 30.6. The molecule has 15 nitrogen and oxygen atoms in total. The number of fused-ring (bicyclic) bond motifs is 2. The Morgan fingerprint density at radius 1 is 0.952 bits per heavy atom. The van der Waals surface area contributed by atoms with E-state index in [1.807, 2.05) is 50.2 Å². The van der Waals surface area contributed by atoms with Gasteiger partial charge in [-0.25, -0.2) is 4.79 Å². The van der Waals surface area contributed by atoms with Crippen LogP contribution in [0.4, 0.5) is 10.5 Å². The highest BCUT2D eigenvalue weighted by atomic mass is 16.7. The Labute approximate surface area is 369 Å². The summed E-state index contributed by atoms with van der Waals surface area (Å²) in [6.45, 7) is 10.2. The van der Waals surface area contributed by atoms with Gasteiger partial charge in [-0.2, -0.15) is 0 Å². The van der Waals surface area contributed by atoms with E-state index in [9.17, 15) is 30.2 Å². The minimum Gasteiger partial charge on any atom is -0.459 e. The van der Waals surface area contributed by atoms with E-state index in [0.29, 0.717) is 35.8 Å². The fourth-order valence-electron chi connectivity index (χ4n) is 9.27. The quantitative estimate of drug-likeness (QED) is 0.0359. The number of carbonyl (C=O) groups is 1. The molecule has 6 atom stereocenters. The van der Waals surface area contributed by atoms with E-state index in [1.54, 1.807) is 6.08 Å². The van der Waals surface area contributed by atoms with E-state index in [2.05, 4.69) is 19.6 Å². The molecule has 0 spiro atoms. The summed E-state index contributed by atoms with van der Waals surface area (Å²) in [5.74, 6) is -0.502. The highest BCUT2D eigenvalue weighted by Crippen LogP contribution is 2.62. The third kappa shape index (κ3) is 10.9. The number of nitrogens with zero attached hydrogens (tertiary/aromatic N) is 3. The summed E-state index contributed by atoms with van der Waals surface area (Å²) in [5, 5.41) is 45.5. The lowest BCUT2D eigenvalue weighted by Crippen LogP contribution is -2.70. The molecule has 1 amide bonds. The molecule has 0 saturated heterocycles. The Bertz CT molecular complexity index is 2090. The second-order valence-corrected chi connectivity index (χ2v) is 16.2. The Morgan fingerprint density at radius 3 is 2.35 bits per heavy atom. The number of rotatable bonds is 23. The highest BCUT2D eigenvalue weighted by Gasteiger charge is 2.65. The van der Waals surface area contributed by atoms with Crippen molar-refractivity contribution in [1.29, 1.82) is 0 Å². The van der Waals surface area contributed by atoms with E-state index in [0.717, 1.165) is 47.9 Å². The van der Waals surface area contributed by atoms with Crippen molar-refractivity contribution in [1.82, 2.24) is 4.90 Å². The van der Waals surface area contributed by atoms with Crippen molar-refractivity contribution in [3.8, 4) is 23.0 Å². The molecule has 1 aliphatic heterocycles. The summed E-state index contributed by atoms with van der Waals surface area (Å²) in [7, 11) is 0. The average Bonchev–Trinajstić information content (AvgIpc) is 3.28. The predicted molar refractivity (Wildman–Crippen MR) is 236 cm³/mol. The molecule has 1 saturated carbocycles. The Kier molecular flexibility index (Phi) is 16.7. The van der Waals surface area contributed by atoms with Crippen molar-refractivity contribution in [3.05, 3.63) is 112 Å². The number of allylic oxidation sites excluding steroid dienone is 1. The van der Waals surface area contributed by atoms with Crippen LogP contribution in [0.15, 0.2) is 90.1 Å². The number of ether oxygens (including phenoxy) is 5. The molecule has 3 aliphatic rings. The van der Waals surface area contributed by atoms with E-state index >= 15 is 0 Å². The zero-order chi connectivity index (χ0) is 44.9. The van der Waals surface area contributed by atoms with Crippen molar-refractivity contribution >= 4 is 17.5 Å². The van der Waals surface area contributed by atoms with Crippen molar-refractivity contribution in [2.75, 3.05) is 52.8 Å². The predicted octanol–water partition coefficient (Wildman–Crippen LogP) is 8.17. The maximum Gasteiger partial charge on any atom is 0.415 e. The summed E-state index contributed by atoms with van der Waals surface area (Å²) in [6, 6.07) is 16.1. The van der Waals surface area contributed by atoms with Crippen molar-refractivity contribution < 1.29 is 53.6 Å². The maximum atomic E-state index is 14.7. The van der Waals surface area contributed by atoms with Crippen molar-refractivity contribution in [2.45, 2.75) is 83.5 Å². The van der Waals surface area contributed by atoms with Crippen LogP contribution < -0.4 is 14.2 Å². The van der Waals surface area contributed by atoms with Gasteiger partial charge < -0.3 is 43.8 Å². The standard InChI is InChI=1S/C48H61N3O12/c1-5-25-59-48-44(50(21-26-58-27-24-54)47(55)62-36-17-14-35(15-18-36)51(56)57)31-42(49-60-6-2)40-29-34(11-7-9-22-52)39(12-8-10-23-53)45(46(40)48)41-30-38(19-20-43(41)63-48)61-37-16-13-32(3)33(4)28-37/h5,13-20,28-30,34,39,44-46,52-54H,1,6-12,21-27,31H2,2-4H3. The fraction of sp³-hybridized carbons (Fsp3) is 0.500. The first-order valence-electron chi connectivity index (χ1n) is 22.0. The van der Waals surface area contributed by atoms with Crippen LogP contribution in [0.5, 0.6) is 23.0 Å². The normalized spacial score (nSPS) is 22.9. The molecular formula is C48H61N3O12. The number of amides is 1. The molecule has 15 heteroatoms. The first kappa shape index (κ1) is 47.2. The number of non-ortho nitro benzene ring substituents is 1. The smallest absolute Gasteiger partial charge is 0.415 e. The number of nitro groups is 1. The van der Waals surface area contributed by atoms with Gasteiger partial charge in [-0.05, 0) is 117 Å². The Balaban J connectivity index is 1.56. The first-order valence-corrected chi connectivity index (χ1v) is 22.0. The van der Waals surface area contributed by atoms with Gasteiger partial charge in [0.05, 0.1) is 43.0 Å². The number of carbonyl (C=O) groups excluding carboxylic acids is 1. The second kappa shape index (κ2) is 22.3. The lowest BCUT2D eigenvalue weighted by atomic mass is 9.55. The molecule has 63 heavy (non-hydrogen) atoms. The number of nitro benzene ring substituents is 1. The number of benzene rings is 3. The number of hydrogen-bond acceptors (Lipinski definition) is 13. The number of hydrogen-bond donors (Lipinski definition) is 3. The van der Waals surface area contributed by atoms with Crippen LogP contribution in [-0.2, 0) is 14.3 Å². The zero-order valence-corrected chi connectivity index (χ0v) is 36.5. The second-order valence-electron chi connectivity index (χ2n) is 16.2. The lowest BCUT2D eigenvalue weighted by Gasteiger charge is -2.59. The monoisotopic (exact) mass is 871 g/mol. The summed E-state index contributed by atoms with van der Waals surface area (Å²) < 4.78 is 32.5. The molecule has 3 aromatic rings. The largest absolute Gasteiger partial charge is 0.459 e. The van der Waals surface area contributed by atoms with Crippen LogP contribution in [0.25, 0.3) is 0 Å². The number of aliphatic hydroxyl groups is 3. The molecule has 1 fully saturated rings. The van der Waals surface area contributed by atoms with Gasteiger partial charge in [-0.15, -0.1) is 6.58 Å². The molecule has 0 bridgehead atoms. The third-order valence-corrected chi connectivity index (χ3v) is 12.2. The van der Waals surface area contributed by atoms with Crippen LogP contribution in [0.1, 0.15) is 74.5 Å².